The molecule has 0 spiro atoms. The lowest BCUT2D eigenvalue weighted by Gasteiger charge is -2.42. The predicted molar refractivity (Wildman–Crippen MR) is 116 cm³/mol. The average Bonchev–Trinajstić information content (AvgIpc) is 3.08. The molecule has 1 aliphatic rings. The van der Waals surface area contributed by atoms with Crippen molar-refractivity contribution in [2.45, 2.75) is 52.6 Å². The molecular weight excluding hydrogens is 454 g/mol. The van der Waals surface area contributed by atoms with Crippen LogP contribution in [0.2, 0.25) is 0 Å². The van der Waals surface area contributed by atoms with Crippen molar-refractivity contribution in [2.24, 2.45) is 17.1 Å². The SMILES string of the molecule is CCC1(C)C(C)C(C(=O)Nc2c(C(N)=O)oc3ccc(Br)cc23)N(C(=O)O)C1(C)C. The molecule has 0 bridgehead atoms. The number of hydrogen-bond acceptors (Lipinski definition) is 4. The van der Waals surface area contributed by atoms with Crippen LogP contribution in [0.1, 0.15) is 51.6 Å². The van der Waals surface area contributed by atoms with Gasteiger partial charge in [0.2, 0.25) is 11.7 Å². The number of benzene rings is 1. The summed E-state index contributed by atoms with van der Waals surface area (Å²) in [6.07, 6.45) is -0.470. The number of fused-ring (bicyclic) bond motifs is 1. The summed E-state index contributed by atoms with van der Waals surface area (Å²) in [6.45, 7) is 9.56. The van der Waals surface area contributed by atoms with Gasteiger partial charge in [-0.15, -0.1) is 0 Å². The Morgan fingerprint density at radius 3 is 2.47 bits per heavy atom. The van der Waals surface area contributed by atoms with Crippen molar-refractivity contribution >= 4 is 50.5 Å². The average molecular weight is 480 g/mol. The first kappa shape index (κ1) is 22.1. The second kappa shape index (κ2) is 7.30. The van der Waals surface area contributed by atoms with Gasteiger partial charge in [0.25, 0.3) is 5.91 Å². The number of halogens is 1. The number of hydrogen-bond donors (Lipinski definition) is 3. The van der Waals surface area contributed by atoms with E-state index in [1.165, 1.54) is 4.90 Å². The Bertz CT molecular complexity index is 1050. The first-order chi connectivity index (χ1) is 13.9. The standard InChI is InChI=1S/C21H26BrN3O5/c1-6-21(5)10(2)15(25(19(28)29)20(21,3)4)18(27)24-14-12-9-11(22)7-8-13(12)30-16(14)17(23)26/h7-10,15H,6H2,1-5H3,(H2,23,26)(H,24,27)(H,28,29). The number of carbonyl (C=O) groups is 3. The summed E-state index contributed by atoms with van der Waals surface area (Å²) in [7, 11) is 0. The maximum Gasteiger partial charge on any atom is 0.408 e. The molecule has 30 heavy (non-hydrogen) atoms. The maximum absolute atomic E-state index is 13.4. The lowest BCUT2D eigenvalue weighted by molar-refractivity contribution is -0.121. The van der Waals surface area contributed by atoms with Gasteiger partial charge < -0.3 is 20.6 Å². The molecule has 1 aromatic heterocycles. The van der Waals surface area contributed by atoms with Gasteiger partial charge in [-0.3, -0.25) is 14.5 Å². The first-order valence-corrected chi connectivity index (χ1v) is 10.5. The van der Waals surface area contributed by atoms with Crippen LogP contribution in [0.5, 0.6) is 0 Å². The first-order valence-electron chi connectivity index (χ1n) is 9.71. The van der Waals surface area contributed by atoms with E-state index < -0.39 is 34.9 Å². The Balaban J connectivity index is 2.09. The van der Waals surface area contributed by atoms with E-state index in [1.807, 2.05) is 34.6 Å². The number of nitrogens with zero attached hydrogens (tertiary/aromatic N) is 1. The van der Waals surface area contributed by atoms with E-state index in [0.717, 1.165) is 4.47 Å². The summed E-state index contributed by atoms with van der Waals surface area (Å²) >= 11 is 3.37. The highest BCUT2D eigenvalue weighted by Gasteiger charge is 2.62. The number of primary amides is 1. The minimum atomic E-state index is -1.17. The highest BCUT2D eigenvalue weighted by Crippen LogP contribution is 2.54. The van der Waals surface area contributed by atoms with E-state index in [2.05, 4.69) is 21.2 Å². The van der Waals surface area contributed by atoms with Gasteiger partial charge in [-0.25, -0.2) is 4.79 Å². The van der Waals surface area contributed by atoms with E-state index in [4.69, 9.17) is 10.2 Å². The minimum absolute atomic E-state index is 0.143. The second-order valence-electron chi connectivity index (χ2n) is 8.52. The molecular formula is C21H26BrN3O5. The maximum atomic E-state index is 13.4. The van der Waals surface area contributed by atoms with Gasteiger partial charge in [0, 0.05) is 15.4 Å². The number of likely N-dealkylation sites (tertiary alicyclic amines) is 1. The summed E-state index contributed by atoms with van der Waals surface area (Å²) < 4.78 is 6.27. The molecule has 1 aromatic carbocycles. The quantitative estimate of drug-likeness (QED) is 0.597. The Morgan fingerprint density at radius 1 is 1.30 bits per heavy atom. The fourth-order valence-corrected chi connectivity index (χ4v) is 5.13. The van der Waals surface area contributed by atoms with Crippen LogP contribution in [0, 0.1) is 11.3 Å². The topological polar surface area (TPSA) is 126 Å². The molecule has 8 nitrogen and oxygen atoms in total. The fraction of sp³-hybridized carbons (Fsp3) is 0.476. The Hall–Kier alpha value is -2.55. The van der Waals surface area contributed by atoms with Gasteiger partial charge >= 0.3 is 6.09 Å². The molecule has 0 aliphatic carbocycles. The number of furan rings is 1. The number of nitrogens with one attached hydrogen (secondary N) is 1. The summed E-state index contributed by atoms with van der Waals surface area (Å²) in [6, 6.07) is 4.15. The van der Waals surface area contributed by atoms with Crippen molar-refractivity contribution in [3.05, 3.63) is 28.4 Å². The zero-order chi connectivity index (χ0) is 22.6. The monoisotopic (exact) mass is 479 g/mol. The highest BCUT2D eigenvalue weighted by atomic mass is 79.9. The van der Waals surface area contributed by atoms with Crippen molar-refractivity contribution in [3.8, 4) is 0 Å². The van der Waals surface area contributed by atoms with Gasteiger partial charge in [0.15, 0.2) is 0 Å². The largest absolute Gasteiger partial charge is 0.465 e. The van der Waals surface area contributed by atoms with Crippen molar-refractivity contribution < 1.29 is 23.9 Å². The van der Waals surface area contributed by atoms with E-state index in [0.29, 0.717) is 17.4 Å². The molecule has 9 heteroatoms. The smallest absolute Gasteiger partial charge is 0.408 e. The molecule has 162 valence electrons. The predicted octanol–water partition coefficient (Wildman–Crippen LogP) is 4.43. The molecule has 1 fully saturated rings. The third kappa shape index (κ3) is 3.07. The van der Waals surface area contributed by atoms with Crippen LogP contribution in [0.3, 0.4) is 0 Å². The fourth-order valence-electron chi connectivity index (χ4n) is 4.77. The number of nitrogens with two attached hydrogens (primary N) is 1. The number of carbonyl (C=O) groups excluding carboxylic acids is 2. The Labute approximate surface area is 182 Å². The number of carboxylic acid groups (broad SMARTS) is 1. The zero-order valence-electron chi connectivity index (χ0n) is 17.6. The molecule has 1 saturated heterocycles. The highest BCUT2D eigenvalue weighted by molar-refractivity contribution is 9.10. The van der Waals surface area contributed by atoms with Crippen LogP contribution in [0.25, 0.3) is 11.0 Å². The van der Waals surface area contributed by atoms with Crippen molar-refractivity contribution in [2.75, 3.05) is 5.32 Å². The molecule has 2 aromatic rings. The molecule has 0 radical (unpaired) electrons. The van der Waals surface area contributed by atoms with Gasteiger partial charge in [-0.2, -0.15) is 0 Å². The van der Waals surface area contributed by atoms with Crippen molar-refractivity contribution in [1.29, 1.82) is 0 Å². The van der Waals surface area contributed by atoms with Gasteiger partial charge in [0.05, 0.1) is 0 Å². The minimum Gasteiger partial charge on any atom is -0.465 e. The van der Waals surface area contributed by atoms with E-state index in [9.17, 15) is 19.5 Å². The molecule has 3 amide bonds. The second-order valence-corrected chi connectivity index (χ2v) is 9.43. The molecule has 1 aliphatic heterocycles. The molecule has 2 heterocycles. The Kier molecular flexibility index (Phi) is 5.39. The van der Waals surface area contributed by atoms with Gasteiger partial charge in [-0.05, 0) is 49.8 Å². The summed E-state index contributed by atoms with van der Waals surface area (Å²) in [4.78, 5) is 38.7. The lowest BCUT2D eigenvalue weighted by atomic mass is 9.66. The third-order valence-electron chi connectivity index (χ3n) is 7.09. The molecule has 3 rings (SSSR count). The van der Waals surface area contributed by atoms with Crippen molar-refractivity contribution in [3.63, 3.8) is 0 Å². The summed E-state index contributed by atoms with van der Waals surface area (Å²) in [5.74, 6) is -1.80. The summed E-state index contributed by atoms with van der Waals surface area (Å²) in [5, 5.41) is 13.2. The molecule has 3 atom stereocenters. The number of rotatable bonds is 4. The third-order valence-corrected chi connectivity index (χ3v) is 7.58. The van der Waals surface area contributed by atoms with E-state index in [-0.39, 0.29) is 17.4 Å². The van der Waals surface area contributed by atoms with Crippen LogP contribution < -0.4 is 11.1 Å². The van der Waals surface area contributed by atoms with Gasteiger partial charge in [-0.1, -0.05) is 36.7 Å². The van der Waals surface area contributed by atoms with Crippen LogP contribution in [0.15, 0.2) is 27.1 Å². The van der Waals surface area contributed by atoms with Crippen LogP contribution in [-0.4, -0.2) is 39.5 Å². The number of anilines is 1. The molecule has 4 N–H and O–H groups in total. The van der Waals surface area contributed by atoms with Crippen LogP contribution in [0.4, 0.5) is 10.5 Å². The zero-order valence-corrected chi connectivity index (χ0v) is 19.2. The molecule has 3 unspecified atom stereocenters. The van der Waals surface area contributed by atoms with Crippen molar-refractivity contribution in [1.82, 2.24) is 4.90 Å². The van der Waals surface area contributed by atoms with Gasteiger partial charge in [0.1, 0.15) is 17.3 Å². The van der Waals surface area contributed by atoms with E-state index in [1.54, 1.807) is 18.2 Å². The normalized spacial score (nSPS) is 25.5. The Morgan fingerprint density at radius 2 is 1.93 bits per heavy atom. The lowest BCUT2D eigenvalue weighted by Crippen LogP contribution is -2.53. The van der Waals surface area contributed by atoms with E-state index >= 15 is 0 Å². The summed E-state index contributed by atoms with van der Waals surface area (Å²) in [5.41, 5.74) is 4.78. The number of amides is 3. The van der Waals surface area contributed by atoms with Crippen LogP contribution >= 0.6 is 15.9 Å². The van der Waals surface area contributed by atoms with Crippen LogP contribution in [-0.2, 0) is 4.79 Å². The molecule has 0 saturated carbocycles.